The Kier molecular flexibility index (Phi) is 5.08. The van der Waals surface area contributed by atoms with Crippen LogP contribution in [0.1, 0.15) is 22.6 Å². The largest absolute Gasteiger partial charge is 0.449 e. The maximum Gasteiger partial charge on any atom is 0.407 e. The molecule has 1 amide bonds. The van der Waals surface area contributed by atoms with Crippen LogP contribution in [0.4, 0.5) is 4.79 Å². The van der Waals surface area contributed by atoms with Crippen LogP contribution in [0.5, 0.6) is 0 Å². The van der Waals surface area contributed by atoms with E-state index in [1.54, 1.807) is 6.20 Å². The average Bonchev–Trinajstić information content (AvgIpc) is 3.14. The van der Waals surface area contributed by atoms with Gasteiger partial charge in [0.2, 0.25) is 0 Å². The van der Waals surface area contributed by atoms with Gasteiger partial charge in [0.05, 0.1) is 12.1 Å². The van der Waals surface area contributed by atoms with Gasteiger partial charge < -0.3 is 10.1 Å². The Hall–Kier alpha value is -4.10. The molecule has 0 fully saturated rings. The molecule has 0 aliphatic heterocycles. The van der Waals surface area contributed by atoms with Gasteiger partial charge in [0.15, 0.2) is 0 Å². The molecule has 150 valence electrons. The zero-order valence-corrected chi connectivity index (χ0v) is 16.8. The second kappa shape index (κ2) is 8.33. The third kappa shape index (κ3) is 3.86. The molecule has 0 saturated heterocycles. The van der Waals surface area contributed by atoms with Gasteiger partial charge in [0.25, 0.3) is 0 Å². The topological polar surface area (TPSA) is 51.2 Å². The second-order valence-electron chi connectivity index (χ2n) is 7.39. The first-order valence-electron chi connectivity index (χ1n) is 10.2. The number of amides is 1. The normalized spacial score (nSPS) is 11.9. The van der Waals surface area contributed by atoms with Gasteiger partial charge in [0, 0.05) is 23.1 Å². The molecular weight excluding hydrogens is 384 g/mol. The van der Waals surface area contributed by atoms with Gasteiger partial charge in [-0.25, -0.2) is 4.79 Å². The molecule has 1 N–H and O–H groups in total. The van der Waals surface area contributed by atoms with Crippen molar-refractivity contribution in [3.8, 4) is 23.0 Å². The van der Waals surface area contributed by atoms with Crippen LogP contribution in [-0.2, 0) is 4.74 Å². The van der Waals surface area contributed by atoms with Crippen molar-refractivity contribution in [1.29, 1.82) is 0 Å². The predicted octanol–water partition coefficient (Wildman–Crippen LogP) is 5.13. The summed E-state index contributed by atoms with van der Waals surface area (Å²) in [5, 5.41) is 3.79. The van der Waals surface area contributed by atoms with E-state index in [1.165, 1.54) is 22.3 Å². The molecule has 1 aromatic heterocycles. The number of ether oxygens (including phenoxy) is 1. The van der Waals surface area contributed by atoms with E-state index in [2.05, 4.69) is 46.4 Å². The maximum absolute atomic E-state index is 12.2. The van der Waals surface area contributed by atoms with Crippen LogP contribution >= 0.6 is 0 Å². The molecule has 4 nitrogen and oxygen atoms in total. The van der Waals surface area contributed by atoms with Gasteiger partial charge in [-0.05, 0) is 40.5 Å². The Labute approximate surface area is 180 Å². The van der Waals surface area contributed by atoms with Crippen LogP contribution in [0.3, 0.4) is 0 Å². The first-order chi connectivity index (χ1) is 15.3. The lowest BCUT2D eigenvalue weighted by atomic mass is 9.98. The summed E-state index contributed by atoms with van der Waals surface area (Å²) in [5.74, 6) is 6.07. The number of pyridine rings is 1. The van der Waals surface area contributed by atoms with Crippen molar-refractivity contribution < 1.29 is 9.53 Å². The molecule has 0 bridgehead atoms. The first kappa shape index (κ1) is 18.9. The number of benzene rings is 3. The fraction of sp³-hybridized carbons (Fsp3) is 0.111. The SMILES string of the molecule is O=C(NCC#Cc1ccc2cccnc2c1)OCC1c2ccccc2-c2ccccc21. The molecule has 0 spiro atoms. The van der Waals surface area contributed by atoms with Gasteiger partial charge in [0.1, 0.15) is 6.61 Å². The van der Waals surface area contributed by atoms with Gasteiger partial charge in [-0.3, -0.25) is 4.98 Å². The molecule has 31 heavy (non-hydrogen) atoms. The summed E-state index contributed by atoms with van der Waals surface area (Å²) in [6, 6.07) is 26.4. The van der Waals surface area contributed by atoms with E-state index >= 15 is 0 Å². The molecular formula is C27H20N2O2. The van der Waals surface area contributed by atoms with Crippen molar-refractivity contribution in [2.24, 2.45) is 0 Å². The molecule has 0 atom stereocenters. The standard InChI is InChI=1S/C27H20N2O2/c30-27(29-16-5-7-19-13-14-20-8-6-15-28-26(20)17-19)31-18-25-23-11-3-1-9-21(23)22-10-2-4-12-24(22)25/h1-4,6,8-15,17,25H,16,18H2,(H,29,30). The van der Waals surface area contributed by atoms with Gasteiger partial charge in [-0.1, -0.05) is 72.5 Å². The Morgan fingerprint density at radius 1 is 0.935 bits per heavy atom. The average molecular weight is 404 g/mol. The lowest BCUT2D eigenvalue weighted by molar-refractivity contribution is 0.144. The van der Waals surface area contributed by atoms with Crippen LogP contribution in [0.15, 0.2) is 85.1 Å². The molecule has 0 unspecified atom stereocenters. The number of hydrogen-bond acceptors (Lipinski definition) is 3. The molecule has 1 aliphatic carbocycles. The lowest BCUT2D eigenvalue weighted by Gasteiger charge is -2.14. The van der Waals surface area contributed by atoms with E-state index in [4.69, 9.17) is 4.74 Å². The van der Waals surface area contributed by atoms with Crippen molar-refractivity contribution in [3.05, 3.63) is 102 Å². The van der Waals surface area contributed by atoms with Crippen molar-refractivity contribution >= 4 is 17.0 Å². The van der Waals surface area contributed by atoms with Crippen molar-refractivity contribution in [3.63, 3.8) is 0 Å². The Balaban J connectivity index is 1.19. The number of hydrogen-bond donors (Lipinski definition) is 1. The van der Waals surface area contributed by atoms with Gasteiger partial charge in [-0.15, -0.1) is 0 Å². The summed E-state index contributed by atoms with van der Waals surface area (Å²) in [4.78, 5) is 16.5. The van der Waals surface area contributed by atoms with Crippen LogP contribution in [-0.4, -0.2) is 24.2 Å². The minimum Gasteiger partial charge on any atom is -0.449 e. The van der Waals surface area contributed by atoms with Gasteiger partial charge >= 0.3 is 6.09 Å². The summed E-state index contributed by atoms with van der Waals surface area (Å²) in [7, 11) is 0. The smallest absolute Gasteiger partial charge is 0.407 e. The number of rotatable bonds is 3. The molecule has 4 aromatic rings. The summed E-state index contributed by atoms with van der Waals surface area (Å²) in [6.07, 6.45) is 1.30. The third-order valence-corrected chi connectivity index (χ3v) is 5.50. The van der Waals surface area contributed by atoms with E-state index in [0.29, 0.717) is 6.61 Å². The van der Waals surface area contributed by atoms with E-state index in [9.17, 15) is 4.79 Å². The van der Waals surface area contributed by atoms with E-state index in [0.717, 1.165) is 16.5 Å². The molecule has 5 rings (SSSR count). The van der Waals surface area contributed by atoms with E-state index in [1.807, 2.05) is 54.6 Å². The minimum absolute atomic E-state index is 0.0503. The summed E-state index contributed by atoms with van der Waals surface area (Å²) in [5.41, 5.74) is 6.58. The monoisotopic (exact) mass is 404 g/mol. The second-order valence-corrected chi connectivity index (χ2v) is 7.39. The highest BCUT2D eigenvalue weighted by molar-refractivity contribution is 5.80. The number of alkyl carbamates (subject to hydrolysis) is 1. The lowest BCUT2D eigenvalue weighted by Crippen LogP contribution is -2.26. The third-order valence-electron chi connectivity index (χ3n) is 5.50. The van der Waals surface area contributed by atoms with Crippen molar-refractivity contribution in [2.75, 3.05) is 13.2 Å². The van der Waals surface area contributed by atoms with Crippen LogP contribution < -0.4 is 5.32 Å². The Morgan fingerprint density at radius 3 is 2.45 bits per heavy atom. The molecule has 0 radical (unpaired) electrons. The van der Waals surface area contributed by atoms with E-state index in [-0.39, 0.29) is 12.5 Å². The van der Waals surface area contributed by atoms with Crippen molar-refractivity contribution in [1.82, 2.24) is 10.3 Å². The van der Waals surface area contributed by atoms with E-state index < -0.39 is 6.09 Å². The fourth-order valence-corrected chi connectivity index (χ4v) is 4.06. The zero-order chi connectivity index (χ0) is 21.0. The Morgan fingerprint density at radius 2 is 1.68 bits per heavy atom. The molecule has 3 aromatic carbocycles. The quantitative estimate of drug-likeness (QED) is 0.482. The number of nitrogens with one attached hydrogen (secondary N) is 1. The van der Waals surface area contributed by atoms with Crippen LogP contribution in [0.25, 0.3) is 22.0 Å². The zero-order valence-electron chi connectivity index (χ0n) is 16.8. The van der Waals surface area contributed by atoms with Gasteiger partial charge in [-0.2, -0.15) is 0 Å². The Bertz CT molecular complexity index is 1290. The number of nitrogens with zero attached hydrogens (tertiary/aromatic N) is 1. The van der Waals surface area contributed by atoms with Crippen molar-refractivity contribution in [2.45, 2.75) is 5.92 Å². The number of aromatic nitrogens is 1. The summed E-state index contributed by atoms with van der Waals surface area (Å²) >= 11 is 0. The summed E-state index contributed by atoms with van der Waals surface area (Å²) < 4.78 is 5.52. The molecule has 4 heteroatoms. The minimum atomic E-state index is -0.462. The molecule has 1 heterocycles. The first-order valence-corrected chi connectivity index (χ1v) is 10.2. The molecule has 1 aliphatic rings. The predicted molar refractivity (Wildman–Crippen MR) is 122 cm³/mol. The van der Waals surface area contributed by atoms with Crippen LogP contribution in [0, 0.1) is 11.8 Å². The fourth-order valence-electron chi connectivity index (χ4n) is 4.06. The highest BCUT2D eigenvalue weighted by Crippen LogP contribution is 2.44. The maximum atomic E-state index is 12.2. The number of carbonyl (C=O) groups is 1. The highest BCUT2D eigenvalue weighted by Gasteiger charge is 2.28. The highest BCUT2D eigenvalue weighted by atomic mass is 16.5. The van der Waals surface area contributed by atoms with Crippen LogP contribution in [0.2, 0.25) is 0 Å². The summed E-state index contributed by atoms with van der Waals surface area (Å²) in [6.45, 7) is 0.514. The molecule has 0 saturated carbocycles. The number of carbonyl (C=O) groups excluding carboxylic acids is 1. The number of fused-ring (bicyclic) bond motifs is 4.